The van der Waals surface area contributed by atoms with Crippen LogP contribution in [-0.4, -0.2) is 37.4 Å². The van der Waals surface area contributed by atoms with E-state index in [0.717, 1.165) is 50.2 Å². The minimum atomic E-state index is -0.871. The summed E-state index contributed by atoms with van der Waals surface area (Å²) in [6.45, 7) is 4.44. The second-order valence-corrected chi connectivity index (χ2v) is 6.28. The van der Waals surface area contributed by atoms with E-state index in [4.69, 9.17) is 0 Å². The number of hydrogen-bond acceptors (Lipinski definition) is 4. The van der Waals surface area contributed by atoms with Crippen molar-refractivity contribution in [2.24, 2.45) is 5.92 Å². The Morgan fingerprint density at radius 1 is 1.33 bits per heavy atom. The van der Waals surface area contributed by atoms with E-state index in [9.17, 15) is 9.90 Å². The fourth-order valence-electron chi connectivity index (χ4n) is 2.96. The highest BCUT2D eigenvalue weighted by atomic mass is 16.4. The molecule has 1 aromatic rings. The largest absolute Gasteiger partial charge is 0.480 e. The topological polar surface area (TPSA) is 80.0 Å². The third-order valence-corrected chi connectivity index (χ3v) is 4.52. The molecule has 2 aliphatic rings. The monoisotopic (exact) mass is 292 g/mol. The fourth-order valence-corrected chi connectivity index (χ4v) is 2.96. The van der Waals surface area contributed by atoms with Gasteiger partial charge in [-0.15, -0.1) is 0 Å². The van der Waals surface area contributed by atoms with E-state index in [1.54, 1.807) is 0 Å². The van der Waals surface area contributed by atoms with Gasteiger partial charge in [-0.05, 0) is 31.6 Å². The molecular formula is C15H24N4O2. The van der Waals surface area contributed by atoms with Crippen LogP contribution in [-0.2, 0) is 24.2 Å². The molecule has 2 saturated carbocycles. The second kappa shape index (κ2) is 5.40. The van der Waals surface area contributed by atoms with Crippen molar-refractivity contribution in [3.8, 4) is 0 Å². The summed E-state index contributed by atoms with van der Waals surface area (Å²) in [5, 5.41) is 17.8. The maximum absolute atomic E-state index is 12.0. The summed E-state index contributed by atoms with van der Waals surface area (Å²) < 4.78 is 1.82. The van der Waals surface area contributed by atoms with Crippen molar-refractivity contribution in [2.75, 3.05) is 0 Å². The summed E-state index contributed by atoms with van der Waals surface area (Å²) in [5.41, 5.74) is -0.871. The van der Waals surface area contributed by atoms with Crippen LogP contribution in [0, 0.1) is 5.92 Å². The van der Waals surface area contributed by atoms with E-state index in [1.165, 1.54) is 0 Å². The first-order chi connectivity index (χ1) is 10.1. The quantitative estimate of drug-likeness (QED) is 0.757. The van der Waals surface area contributed by atoms with Gasteiger partial charge in [-0.3, -0.25) is 10.1 Å². The van der Waals surface area contributed by atoms with Gasteiger partial charge in [0.2, 0.25) is 0 Å². The van der Waals surface area contributed by atoms with Crippen LogP contribution in [0.5, 0.6) is 0 Å². The molecule has 0 radical (unpaired) electrons. The van der Waals surface area contributed by atoms with Gasteiger partial charge in [-0.2, -0.15) is 5.10 Å². The van der Waals surface area contributed by atoms with Crippen LogP contribution in [0.4, 0.5) is 0 Å². The molecule has 0 bridgehead atoms. The Morgan fingerprint density at radius 2 is 2.05 bits per heavy atom. The van der Waals surface area contributed by atoms with Gasteiger partial charge in [0.25, 0.3) is 0 Å². The summed E-state index contributed by atoms with van der Waals surface area (Å²) >= 11 is 0. The number of aromatic nitrogens is 3. The molecule has 21 heavy (non-hydrogen) atoms. The smallest absolute Gasteiger partial charge is 0.326 e. The standard InChI is InChI=1S/C15H24N4O2/c1-3-12-16-13(4-2)19(18-12)9-15(14(20)21,10-5-6-10)17-11-7-8-11/h10-11,17H,3-9H2,1-2H3,(H,20,21). The van der Waals surface area contributed by atoms with E-state index in [-0.39, 0.29) is 5.92 Å². The van der Waals surface area contributed by atoms with Crippen molar-refractivity contribution >= 4 is 5.97 Å². The zero-order chi connectivity index (χ0) is 15.0. The Morgan fingerprint density at radius 3 is 2.52 bits per heavy atom. The van der Waals surface area contributed by atoms with Gasteiger partial charge in [-0.25, -0.2) is 9.67 Å². The highest BCUT2D eigenvalue weighted by molar-refractivity contribution is 5.80. The lowest BCUT2D eigenvalue weighted by atomic mass is 9.92. The number of carboxylic acids is 1. The lowest BCUT2D eigenvalue weighted by molar-refractivity contribution is -0.147. The third-order valence-electron chi connectivity index (χ3n) is 4.52. The highest BCUT2D eigenvalue weighted by Gasteiger charge is 2.54. The number of aryl methyl sites for hydroxylation is 2. The zero-order valence-corrected chi connectivity index (χ0v) is 12.8. The molecule has 1 atom stereocenters. The lowest BCUT2D eigenvalue weighted by Crippen LogP contribution is -2.58. The molecule has 0 spiro atoms. The van der Waals surface area contributed by atoms with Gasteiger partial charge in [-0.1, -0.05) is 13.8 Å². The number of carbonyl (C=O) groups is 1. The van der Waals surface area contributed by atoms with E-state index in [1.807, 2.05) is 18.5 Å². The summed E-state index contributed by atoms with van der Waals surface area (Å²) in [5.74, 6) is 1.16. The number of nitrogens with zero attached hydrogens (tertiary/aromatic N) is 3. The molecule has 0 aliphatic heterocycles. The van der Waals surface area contributed by atoms with Gasteiger partial charge in [0.1, 0.15) is 11.4 Å². The number of nitrogens with one attached hydrogen (secondary N) is 1. The summed E-state index contributed by atoms with van der Waals surface area (Å²) in [6.07, 6.45) is 5.70. The Bertz CT molecular complexity index is 534. The Kier molecular flexibility index (Phi) is 3.73. The molecule has 2 aliphatic carbocycles. The van der Waals surface area contributed by atoms with Crippen molar-refractivity contribution in [3.63, 3.8) is 0 Å². The first-order valence-electron chi connectivity index (χ1n) is 8.02. The summed E-state index contributed by atoms with van der Waals surface area (Å²) in [4.78, 5) is 16.5. The molecule has 2 fully saturated rings. The predicted octanol–water partition coefficient (Wildman–Crippen LogP) is 1.39. The minimum Gasteiger partial charge on any atom is -0.480 e. The Hall–Kier alpha value is -1.43. The van der Waals surface area contributed by atoms with E-state index in [2.05, 4.69) is 15.4 Å². The van der Waals surface area contributed by atoms with Crippen LogP contribution in [0.3, 0.4) is 0 Å². The van der Waals surface area contributed by atoms with Crippen molar-refractivity contribution in [1.82, 2.24) is 20.1 Å². The van der Waals surface area contributed by atoms with Crippen molar-refractivity contribution < 1.29 is 9.90 Å². The van der Waals surface area contributed by atoms with E-state index >= 15 is 0 Å². The average Bonchev–Trinajstić information content (AvgIpc) is 3.36. The number of hydrogen-bond donors (Lipinski definition) is 2. The lowest BCUT2D eigenvalue weighted by Gasteiger charge is -2.31. The van der Waals surface area contributed by atoms with Crippen LogP contribution in [0.2, 0.25) is 0 Å². The highest BCUT2D eigenvalue weighted by Crippen LogP contribution is 2.42. The first kappa shape index (κ1) is 14.5. The Labute approximate surface area is 124 Å². The molecule has 0 saturated heterocycles. The molecule has 2 N–H and O–H groups in total. The number of rotatable bonds is 8. The predicted molar refractivity (Wildman–Crippen MR) is 78.0 cm³/mol. The van der Waals surface area contributed by atoms with Crippen molar-refractivity contribution in [3.05, 3.63) is 11.6 Å². The van der Waals surface area contributed by atoms with E-state index in [0.29, 0.717) is 12.6 Å². The summed E-state index contributed by atoms with van der Waals surface area (Å²) in [6, 6.07) is 0.362. The maximum atomic E-state index is 12.0. The van der Waals surface area contributed by atoms with Crippen molar-refractivity contribution in [1.29, 1.82) is 0 Å². The SMILES string of the molecule is CCc1nc(CC)n(CC(NC2CC2)(C(=O)O)C2CC2)n1. The van der Waals surface area contributed by atoms with Crippen molar-refractivity contribution in [2.45, 2.75) is 70.5 Å². The molecule has 3 rings (SSSR count). The third kappa shape index (κ3) is 2.81. The summed E-state index contributed by atoms with van der Waals surface area (Å²) in [7, 11) is 0. The molecule has 116 valence electrons. The molecule has 1 heterocycles. The van der Waals surface area contributed by atoms with Crippen LogP contribution >= 0.6 is 0 Å². The maximum Gasteiger partial charge on any atom is 0.326 e. The zero-order valence-electron chi connectivity index (χ0n) is 12.8. The Balaban J connectivity index is 1.89. The van der Waals surface area contributed by atoms with Crippen LogP contribution < -0.4 is 5.32 Å². The molecule has 0 amide bonds. The number of aliphatic carboxylic acids is 1. The van der Waals surface area contributed by atoms with Crippen LogP contribution in [0.15, 0.2) is 0 Å². The number of carboxylic acid groups (broad SMARTS) is 1. The second-order valence-electron chi connectivity index (χ2n) is 6.28. The minimum absolute atomic E-state index is 0.217. The van der Waals surface area contributed by atoms with Crippen LogP contribution in [0.1, 0.15) is 51.2 Å². The molecule has 6 nitrogen and oxygen atoms in total. The van der Waals surface area contributed by atoms with Gasteiger partial charge >= 0.3 is 5.97 Å². The van der Waals surface area contributed by atoms with Gasteiger partial charge < -0.3 is 5.11 Å². The molecule has 6 heteroatoms. The fraction of sp³-hybridized carbons (Fsp3) is 0.800. The molecule has 0 aromatic carbocycles. The molecular weight excluding hydrogens is 268 g/mol. The average molecular weight is 292 g/mol. The molecule has 1 unspecified atom stereocenters. The first-order valence-corrected chi connectivity index (χ1v) is 8.02. The van der Waals surface area contributed by atoms with Crippen LogP contribution in [0.25, 0.3) is 0 Å². The van der Waals surface area contributed by atoms with Gasteiger partial charge in [0.05, 0.1) is 6.54 Å². The van der Waals surface area contributed by atoms with E-state index < -0.39 is 11.5 Å². The molecule has 1 aromatic heterocycles. The van der Waals surface area contributed by atoms with Gasteiger partial charge in [0, 0.05) is 18.9 Å². The van der Waals surface area contributed by atoms with Gasteiger partial charge in [0.15, 0.2) is 5.82 Å². The normalized spacial score (nSPS) is 21.2.